The Morgan fingerprint density at radius 2 is 1.80 bits per heavy atom. The molecule has 1 N–H and O–H groups in total. The van der Waals surface area contributed by atoms with Gasteiger partial charge in [0, 0.05) is 18.2 Å². The smallest absolute Gasteiger partial charge is 0.255 e. The van der Waals surface area contributed by atoms with Crippen molar-refractivity contribution in [3.63, 3.8) is 0 Å². The molecule has 4 rings (SSSR count). The number of anilines is 2. The number of hydrogen-bond donors (Lipinski definition) is 1. The third-order valence-corrected chi connectivity index (χ3v) is 4.09. The molecule has 0 spiro atoms. The Hall–Kier alpha value is -3.22. The first-order valence-corrected chi connectivity index (χ1v) is 7.88. The van der Waals surface area contributed by atoms with Crippen LogP contribution in [0.4, 0.5) is 11.4 Å². The minimum Gasteiger partial charge on any atom is -0.490 e. The number of rotatable bonds is 2. The average molecular weight is 340 g/mol. The highest BCUT2D eigenvalue weighted by Crippen LogP contribution is 2.35. The predicted molar refractivity (Wildman–Crippen MR) is 90.5 cm³/mol. The summed E-state index contributed by atoms with van der Waals surface area (Å²) in [5.74, 6) is 1.46. The van der Waals surface area contributed by atoms with Gasteiger partial charge >= 0.3 is 0 Å². The minimum atomic E-state index is -0.274. The summed E-state index contributed by atoms with van der Waals surface area (Å²) in [6.07, 6.45) is 0. The molecule has 128 valence electrons. The number of ether oxygens (including phenoxy) is 3. The first-order valence-electron chi connectivity index (χ1n) is 7.88. The Bertz CT molecular complexity index is 865. The summed E-state index contributed by atoms with van der Waals surface area (Å²) in [5.41, 5.74) is 1.70. The molecule has 0 aliphatic carbocycles. The predicted octanol–water partition coefficient (Wildman–Crippen LogP) is 2.41. The van der Waals surface area contributed by atoms with E-state index < -0.39 is 0 Å². The van der Waals surface area contributed by atoms with Crippen LogP contribution in [-0.4, -0.2) is 31.8 Å². The lowest BCUT2D eigenvalue weighted by molar-refractivity contribution is -0.116. The number of fused-ring (bicyclic) bond motifs is 2. The Balaban J connectivity index is 1.57. The van der Waals surface area contributed by atoms with Gasteiger partial charge in [0.25, 0.3) is 5.91 Å². The first-order chi connectivity index (χ1) is 12.1. The van der Waals surface area contributed by atoms with Gasteiger partial charge in [-0.25, -0.2) is 0 Å². The molecule has 0 aromatic heterocycles. The van der Waals surface area contributed by atoms with Crippen LogP contribution in [0.1, 0.15) is 17.3 Å². The number of benzene rings is 2. The first kappa shape index (κ1) is 15.3. The molecule has 2 heterocycles. The molecule has 7 nitrogen and oxygen atoms in total. The molecule has 0 fully saturated rings. The molecule has 2 aromatic rings. The van der Waals surface area contributed by atoms with Gasteiger partial charge in [-0.05, 0) is 36.4 Å². The van der Waals surface area contributed by atoms with Crippen LogP contribution in [0.2, 0.25) is 0 Å². The molecule has 2 aromatic carbocycles. The fraction of sp³-hybridized carbons (Fsp3) is 0.222. The van der Waals surface area contributed by atoms with Crippen LogP contribution in [-0.2, 0) is 4.79 Å². The SMILES string of the molecule is CC(=O)N1CCOc2ccc(NC(=O)c3ccc4c(c3)OCO4)cc21. The van der Waals surface area contributed by atoms with Crippen molar-refractivity contribution in [3.8, 4) is 17.2 Å². The van der Waals surface area contributed by atoms with E-state index in [1.54, 1.807) is 41.3 Å². The molecule has 0 saturated heterocycles. The zero-order chi connectivity index (χ0) is 17.4. The van der Waals surface area contributed by atoms with E-state index in [9.17, 15) is 9.59 Å². The molecule has 7 heteroatoms. The van der Waals surface area contributed by atoms with E-state index >= 15 is 0 Å². The van der Waals surface area contributed by atoms with Crippen molar-refractivity contribution in [2.45, 2.75) is 6.92 Å². The van der Waals surface area contributed by atoms with E-state index in [0.29, 0.717) is 47.3 Å². The monoisotopic (exact) mass is 340 g/mol. The van der Waals surface area contributed by atoms with Gasteiger partial charge in [-0.2, -0.15) is 0 Å². The van der Waals surface area contributed by atoms with E-state index in [4.69, 9.17) is 14.2 Å². The van der Waals surface area contributed by atoms with E-state index in [1.807, 2.05) is 0 Å². The Labute approximate surface area is 144 Å². The highest BCUT2D eigenvalue weighted by atomic mass is 16.7. The Morgan fingerprint density at radius 1 is 1.00 bits per heavy atom. The second-order valence-electron chi connectivity index (χ2n) is 5.72. The van der Waals surface area contributed by atoms with Gasteiger partial charge in [0.15, 0.2) is 11.5 Å². The molecule has 0 unspecified atom stereocenters. The summed E-state index contributed by atoms with van der Waals surface area (Å²) in [7, 11) is 0. The van der Waals surface area contributed by atoms with Crippen LogP contribution >= 0.6 is 0 Å². The molecular weight excluding hydrogens is 324 g/mol. The molecule has 0 saturated carbocycles. The van der Waals surface area contributed by atoms with Crippen molar-refractivity contribution in [1.29, 1.82) is 0 Å². The molecular formula is C18H16N2O5. The van der Waals surface area contributed by atoms with Gasteiger partial charge in [0.05, 0.1) is 12.2 Å². The fourth-order valence-electron chi connectivity index (χ4n) is 2.86. The van der Waals surface area contributed by atoms with Gasteiger partial charge in [-0.1, -0.05) is 0 Å². The molecule has 0 radical (unpaired) electrons. The Morgan fingerprint density at radius 3 is 2.64 bits per heavy atom. The lowest BCUT2D eigenvalue weighted by Gasteiger charge is -2.29. The van der Waals surface area contributed by atoms with Crippen molar-refractivity contribution in [3.05, 3.63) is 42.0 Å². The quantitative estimate of drug-likeness (QED) is 0.908. The molecule has 2 amide bonds. The van der Waals surface area contributed by atoms with Crippen molar-refractivity contribution in [2.24, 2.45) is 0 Å². The number of carbonyl (C=O) groups excluding carboxylic acids is 2. The topological polar surface area (TPSA) is 77.1 Å². The van der Waals surface area contributed by atoms with Gasteiger partial charge in [0.2, 0.25) is 12.7 Å². The minimum absolute atomic E-state index is 0.0659. The standard InChI is InChI=1S/C18H16N2O5/c1-11(21)20-6-7-23-15-5-3-13(9-14(15)20)19-18(22)12-2-4-16-17(8-12)25-10-24-16/h2-5,8-9H,6-7,10H2,1H3,(H,19,22). The second-order valence-corrected chi connectivity index (χ2v) is 5.72. The van der Waals surface area contributed by atoms with Crippen molar-refractivity contribution in [1.82, 2.24) is 0 Å². The normalized spacial score (nSPS) is 14.5. The van der Waals surface area contributed by atoms with Gasteiger partial charge < -0.3 is 24.4 Å². The molecule has 2 aliphatic rings. The summed E-state index contributed by atoms with van der Waals surface area (Å²) in [6, 6.07) is 10.2. The van der Waals surface area contributed by atoms with Crippen LogP contribution < -0.4 is 24.4 Å². The highest BCUT2D eigenvalue weighted by molar-refractivity contribution is 6.05. The number of hydrogen-bond acceptors (Lipinski definition) is 5. The summed E-state index contributed by atoms with van der Waals surface area (Å²) in [6.45, 7) is 2.61. The summed E-state index contributed by atoms with van der Waals surface area (Å²) in [4.78, 5) is 25.9. The summed E-state index contributed by atoms with van der Waals surface area (Å²) < 4.78 is 16.1. The fourth-order valence-corrected chi connectivity index (χ4v) is 2.86. The highest BCUT2D eigenvalue weighted by Gasteiger charge is 2.22. The van der Waals surface area contributed by atoms with E-state index in [0.717, 1.165) is 0 Å². The van der Waals surface area contributed by atoms with Crippen LogP contribution in [0.25, 0.3) is 0 Å². The summed E-state index contributed by atoms with van der Waals surface area (Å²) >= 11 is 0. The van der Waals surface area contributed by atoms with E-state index in [1.165, 1.54) is 6.92 Å². The molecule has 0 atom stereocenters. The zero-order valence-electron chi connectivity index (χ0n) is 13.6. The Kier molecular flexibility index (Phi) is 3.68. The van der Waals surface area contributed by atoms with Crippen LogP contribution in [0.15, 0.2) is 36.4 Å². The molecule has 0 bridgehead atoms. The average Bonchev–Trinajstić information content (AvgIpc) is 3.08. The zero-order valence-corrected chi connectivity index (χ0v) is 13.6. The molecule has 25 heavy (non-hydrogen) atoms. The van der Waals surface area contributed by atoms with Crippen molar-refractivity contribution >= 4 is 23.2 Å². The molecule has 2 aliphatic heterocycles. The van der Waals surface area contributed by atoms with Crippen LogP contribution in [0.3, 0.4) is 0 Å². The lowest BCUT2D eigenvalue weighted by atomic mass is 10.1. The number of nitrogens with one attached hydrogen (secondary N) is 1. The van der Waals surface area contributed by atoms with E-state index in [2.05, 4.69) is 5.32 Å². The largest absolute Gasteiger partial charge is 0.490 e. The maximum atomic E-state index is 12.5. The maximum absolute atomic E-state index is 12.5. The number of carbonyl (C=O) groups is 2. The third-order valence-electron chi connectivity index (χ3n) is 4.09. The van der Waals surface area contributed by atoms with Gasteiger partial charge in [-0.3, -0.25) is 9.59 Å². The van der Waals surface area contributed by atoms with Crippen molar-refractivity contribution in [2.75, 3.05) is 30.2 Å². The van der Waals surface area contributed by atoms with E-state index in [-0.39, 0.29) is 18.6 Å². The number of amides is 2. The van der Waals surface area contributed by atoms with Gasteiger partial charge in [-0.15, -0.1) is 0 Å². The number of nitrogens with zero attached hydrogens (tertiary/aromatic N) is 1. The van der Waals surface area contributed by atoms with Crippen LogP contribution in [0, 0.1) is 0 Å². The van der Waals surface area contributed by atoms with Gasteiger partial charge in [0.1, 0.15) is 12.4 Å². The lowest BCUT2D eigenvalue weighted by Crippen LogP contribution is -2.36. The van der Waals surface area contributed by atoms with Crippen LogP contribution in [0.5, 0.6) is 17.2 Å². The third kappa shape index (κ3) is 2.84. The second kappa shape index (κ2) is 6.01. The summed E-state index contributed by atoms with van der Waals surface area (Å²) in [5, 5.41) is 2.83. The maximum Gasteiger partial charge on any atom is 0.255 e. The van der Waals surface area contributed by atoms with Crippen molar-refractivity contribution < 1.29 is 23.8 Å².